The molecule has 0 aliphatic carbocycles. The third kappa shape index (κ3) is 1.73. The zero-order chi connectivity index (χ0) is 15.3. The highest BCUT2D eigenvalue weighted by Gasteiger charge is 2.39. The van der Waals surface area contributed by atoms with Crippen LogP contribution in [0.25, 0.3) is 0 Å². The summed E-state index contributed by atoms with van der Waals surface area (Å²) in [7, 11) is 0. The number of rotatable bonds is 1. The van der Waals surface area contributed by atoms with Gasteiger partial charge in [0.15, 0.2) is 5.75 Å². The van der Waals surface area contributed by atoms with Crippen LogP contribution in [0.4, 0.5) is 17.1 Å². The van der Waals surface area contributed by atoms with Crippen LogP contribution in [-0.4, -0.2) is 16.9 Å². The number of phenols is 1. The number of benzene rings is 2. The molecule has 5 N–H and O–H groups in total. The van der Waals surface area contributed by atoms with Crippen molar-refractivity contribution in [2.24, 2.45) is 0 Å². The first-order chi connectivity index (χ1) is 9.93. The molecule has 0 saturated carbocycles. The quantitative estimate of drug-likeness (QED) is 0.551. The summed E-state index contributed by atoms with van der Waals surface area (Å²) in [5, 5.41) is 9.92. The van der Waals surface area contributed by atoms with Gasteiger partial charge in [0.2, 0.25) is 0 Å². The molecule has 1 aliphatic rings. The van der Waals surface area contributed by atoms with Crippen LogP contribution in [-0.2, 0) is 0 Å². The molecule has 2 aromatic carbocycles. The molecule has 0 aromatic heterocycles. The fourth-order valence-electron chi connectivity index (χ4n) is 2.28. The molecule has 0 spiro atoms. The van der Waals surface area contributed by atoms with Crippen LogP contribution in [0.1, 0.15) is 20.7 Å². The highest BCUT2D eigenvalue weighted by atomic mass is 35.5. The van der Waals surface area contributed by atoms with Crippen molar-refractivity contribution in [3.05, 3.63) is 46.5 Å². The van der Waals surface area contributed by atoms with Gasteiger partial charge in [-0.25, -0.2) is 4.90 Å². The third-order valence-electron chi connectivity index (χ3n) is 3.31. The Balaban J connectivity index is 2.19. The Morgan fingerprint density at radius 2 is 1.71 bits per heavy atom. The molecular weight excluding hydrogens is 294 g/mol. The van der Waals surface area contributed by atoms with Crippen LogP contribution in [0, 0.1) is 0 Å². The molecule has 7 heteroatoms. The number of hydrogen-bond acceptors (Lipinski definition) is 5. The summed E-state index contributed by atoms with van der Waals surface area (Å²) in [5.41, 5.74) is 11.9. The van der Waals surface area contributed by atoms with Gasteiger partial charge >= 0.3 is 0 Å². The van der Waals surface area contributed by atoms with Crippen molar-refractivity contribution < 1.29 is 14.7 Å². The number of carbonyl (C=O) groups excluding carboxylic acids is 2. The molecule has 0 bridgehead atoms. The molecule has 21 heavy (non-hydrogen) atoms. The topological polar surface area (TPSA) is 110 Å². The van der Waals surface area contributed by atoms with E-state index in [0.29, 0.717) is 0 Å². The number of anilines is 3. The lowest BCUT2D eigenvalue weighted by atomic mass is 10.1. The Hall–Kier alpha value is -2.73. The predicted octanol–water partition coefficient (Wildman–Crippen LogP) is 2.01. The van der Waals surface area contributed by atoms with Gasteiger partial charge < -0.3 is 16.6 Å². The molecule has 0 atom stereocenters. The summed E-state index contributed by atoms with van der Waals surface area (Å²) >= 11 is 5.85. The molecule has 0 fully saturated rings. The number of amides is 2. The second-order valence-corrected chi connectivity index (χ2v) is 4.93. The van der Waals surface area contributed by atoms with Gasteiger partial charge in [0.25, 0.3) is 11.8 Å². The van der Waals surface area contributed by atoms with Crippen LogP contribution < -0.4 is 16.4 Å². The first kappa shape index (κ1) is 13.3. The number of nitrogens with two attached hydrogens (primary N) is 2. The standard InChI is InChI=1S/C14H10ClN3O3/c15-11-8(17)4-5-9(12(11)19)18-13(20)6-2-1-3-7(16)10(6)14(18)21/h1-5,19H,16-17H2. The number of aromatic hydroxyl groups is 1. The second-order valence-electron chi connectivity index (χ2n) is 4.55. The predicted molar refractivity (Wildman–Crippen MR) is 79.5 cm³/mol. The van der Waals surface area contributed by atoms with E-state index in [-0.39, 0.29) is 33.2 Å². The van der Waals surface area contributed by atoms with Crippen LogP contribution in [0.5, 0.6) is 5.75 Å². The fraction of sp³-hybridized carbons (Fsp3) is 0. The highest BCUT2D eigenvalue weighted by molar-refractivity contribution is 6.38. The minimum absolute atomic E-state index is 0.0280. The summed E-state index contributed by atoms with van der Waals surface area (Å²) in [6.07, 6.45) is 0. The SMILES string of the molecule is Nc1ccc(N2C(=O)c3cccc(N)c3C2=O)c(O)c1Cl. The molecule has 1 heterocycles. The zero-order valence-electron chi connectivity index (χ0n) is 10.6. The van der Waals surface area contributed by atoms with E-state index in [9.17, 15) is 14.7 Å². The van der Waals surface area contributed by atoms with Gasteiger partial charge in [-0.1, -0.05) is 17.7 Å². The Kier molecular flexibility index (Phi) is 2.77. The van der Waals surface area contributed by atoms with Crippen LogP contribution in [0.2, 0.25) is 5.02 Å². The number of carbonyl (C=O) groups is 2. The molecule has 1 aliphatic heterocycles. The Bertz CT molecular complexity index is 804. The van der Waals surface area contributed by atoms with Crippen molar-refractivity contribution in [3.63, 3.8) is 0 Å². The maximum Gasteiger partial charge on any atom is 0.268 e. The first-order valence-corrected chi connectivity index (χ1v) is 6.35. The number of nitrogens with zero attached hydrogens (tertiary/aromatic N) is 1. The molecule has 0 saturated heterocycles. The summed E-state index contributed by atoms with van der Waals surface area (Å²) < 4.78 is 0. The summed E-state index contributed by atoms with van der Waals surface area (Å²) in [6.45, 7) is 0. The molecule has 2 amide bonds. The lowest BCUT2D eigenvalue weighted by Gasteiger charge is -2.16. The van der Waals surface area contributed by atoms with E-state index >= 15 is 0 Å². The normalized spacial score (nSPS) is 13.7. The molecule has 3 rings (SSSR count). The number of nitrogen functional groups attached to an aromatic ring is 2. The number of phenolic OH excluding ortho intramolecular Hbond substituents is 1. The largest absolute Gasteiger partial charge is 0.504 e. The van der Waals surface area contributed by atoms with Crippen molar-refractivity contribution in [2.75, 3.05) is 16.4 Å². The maximum atomic E-state index is 12.4. The molecule has 106 valence electrons. The Morgan fingerprint density at radius 1 is 1.00 bits per heavy atom. The average molecular weight is 304 g/mol. The van der Waals surface area contributed by atoms with E-state index in [4.69, 9.17) is 23.1 Å². The van der Waals surface area contributed by atoms with Gasteiger partial charge in [0.1, 0.15) is 5.02 Å². The van der Waals surface area contributed by atoms with E-state index in [0.717, 1.165) is 4.90 Å². The number of fused-ring (bicyclic) bond motifs is 1. The van der Waals surface area contributed by atoms with E-state index in [2.05, 4.69) is 0 Å². The molecule has 2 aromatic rings. The van der Waals surface area contributed by atoms with Crippen molar-refractivity contribution >= 4 is 40.5 Å². The van der Waals surface area contributed by atoms with Crippen LogP contribution in [0.15, 0.2) is 30.3 Å². The lowest BCUT2D eigenvalue weighted by Crippen LogP contribution is -2.29. The number of halogens is 1. The van der Waals surface area contributed by atoms with Crippen molar-refractivity contribution in [1.29, 1.82) is 0 Å². The van der Waals surface area contributed by atoms with Gasteiger partial charge in [0, 0.05) is 5.69 Å². The average Bonchev–Trinajstić information content (AvgIpc) is 2.71. The van der Waals surface area contributed by atoms with Gasteiger partial charge in [-0.15, -0.1) is 0 Å². The van der Waals surface area contributed by atoms with Crippen molar-refractivity contribution in [3.8, 4) is 5.75 Å². The third-order valence-corrected chi connectivity index (χ3v) is 3.71. The van der Waals surface area contributed by atoms with E-state index in [1.54, 1.807) is 6.07 Å². The molecular formula is C14H10ClN3O3. The lowest BCUT2D eigenvalue weighted by molar-refractivity contribution is 0.0925. The van der Waals surface area contributed by atoms with Gasteiger partial charge in [-0.05, 0) is 24.3 Å². The van der Waals surface area contributed by atoms with E-state index in [1.165, 1.54) is 24.3 Å². The van der Waals surface area contributed by atoms with Gasteiger partial charge in [-0.3, -0.25) is 9.59 Å². The smallest absolute Gasteiger partial charge is 0.268 e. The summed E-state index contributed by atoms with van der Waals surface area (Å²) in [4.78, 5) is 25.6. The zero-order valence-corrected chi connectivity index (χ0v) is 11.4. The minimum atomic E-state index is -0.607. The second kappa shape index (κ2) is 4.39. The Labute approximate surface area is 124 Å². The van der Waals surface area contributed by atoms with E-state index < -0.39 is 17.6 Å². The van der Waals surface area contributed by atoms with Crippen LogP contribution in [0.3, 0.4) is 0 Å². The van der Waals surface area contributed by atoms with Crippen LogP contribution >= 0.6 is 11.6 Å². The highest BCUT2D eigenvalue weighted by Crippen LogP contribution is 2.41. The van der Waals surface area contributed by atoms with E-state index in [1.807, 2.05) is 0 Å². The van der Waals surface area contributed by atoms with Gasteiger partial charge in [0.05, 0.1) is 22.5 Å². The molecule has 0 radical (unpaired) electrons. The molecule has 0 unspecified atom stereocenters. The fourth-order valence-corrected chi connectivity index (χ4v) is 2.44. The monoisotopic (exact) mass is 303 g/mol. The summed E-state index contributed by atoms with van der Waals surface area (Å²) in [5.74, 6) is -1.60. The molecule has 6 nitrogen and oxygen atoms in total. The Morgan fingerprint density at radius 3 is 2.38 bits per heavy atom. The van der Waals surface area contributed by atoms with Crippen molar-refractivity contribution in [1.82, 2.24) is 0 Å². The minimum Gasteiger partial charge on any atom is -0.504 e. The van der Waals surface area contributed by atoms with Gasteiger partial charge in [-0.2, -0.15) is 0 Å². The maximum absolute atomic E-state index is 12.4. The first-order valence-electron chi connectivity index (χ1n) is 5.97. The summed E-state index contributed by atoms with van der Waals surface area (Å²) in [6, 6.07) is 7.38. The van der Waals surface area contributed by atoms with Crippen molar-refractivity contribution in [2.45, 2.75) is 0 Å². The number of imide groups is 1. The number of hydrogen-bond donors (Lipinski definition) is 3.